The molecule has 3 nitrogen and oxygen atoms in total. The molecule has 0 spiro atoms. The predicted octanol–water partition coefficient (Wildman–Crippen LogP) is 3.77. The quantitative estimate of drug-likeness (QED) is 0.789. The van der Waals surface area contributed by atoms with Crippen molar-refractivity contribution in [2.24, 2.45) is 11.7 Å². The van der Waals surface area contributed by atoms with Crippen LogP contribution in [-0.2, 0) is 6.42 Å². The molecule has 1 unspecified atom stereocenters. The Morgan fingerprint density at radius 2 is 2.00 bits per heavy atom. The molecule has 0 saturated carbocycles. The molecule has 0 fully saturated rings. The van der Waals surface area contributed by atoms with E-state index in [1.807, 2.05) is 13.0 Å². The van der Waals surface area contributed by atoms with E-state index in [0.717, 1.165) is 34.4 Å². The number of nitrogens with two attached hydrogens (primary N) is 1. The van der Waals surface area contributed by atoms with Gasteiger partial charge in [0, 0.05) is 0 Å². The molecule has 2 N–H and O–H groups in total. The SMILES string of the molecule is CCOc1cc(CCN)cc(Br)c1OCC(C)CC. The lowest BCUT2D eigenvalue weighted by Gasteiger charge is -2.17. The summed E-state index contributed by atoms with van der Waals surface area (Å²) in [5.41, 5.74) is 6.76. The van der Waals surface area contributed by atoms with E-state index in [9.17, 15) is 0 Å². The smallest absolute Gasteiger partial charge is 0.175 e. The lowest BCUT2D eigenvalue weighted by molar-refractivity contribution is 0.236. The maximum Gasteiger partial charge on any atom is 0.175 e. The fraction of sp³-hybridized carbons (Fsp3) is 0.600. The third kappa shape index (κ3) is 5.03. The Bertz CT molecular complexity index is 396. The highest BCUT2D eigenvalue weighted by Gasteiger charge is 2.13. The zero-order chi connectivity index (χ0) is 14.3. The third-order valence-corrected chi connectivity index (χ3v) is 3.60. The van der Waals surface area contributed by atoms with Crippen LogP contribution < -0.4 is 15.2 Å². The van der Waals surface area contributed by atoms with Gasteiger partial charge in [0.2, 0.25) is 0 Å². The van der Waals surface area contributed by atoms with E-state index in [2.05, 4.69) is 35.8 Å². The highest BCUT2D eigenvalue weighted by Crippen LogP contribution is 2.37. The number of hydrogen-bond donors (Lipinski definition) is 1. The lowest BCUT2D eigenvalue weighted by Crippen LogP contribution is -2.09. The van der Waals surface area contributed by atoms with Crippen LogP contribution in [0.25, 0.3) is 0 Å². The molecule has 0 aliphatic carbocycles. The zero-order valence-electron chi connectivity index (χ0n) is 12.0. The Hall–Kier alpha value is -0.740. The molecule has 1 rings (SSSR count). The number of halogens is 1. The van der Waals surface area contributed by atoms with Gasteiger partial charge in [0.25, 0.3) is 0 Å². The van der Waals surface area contributed by atoms with Crippen LogP contribution in [-0.4, -0.2) is 19.8 Å². The predicted molar refractivity (Wildman–Crippen MR) is 83.0 cm³/mol. The number of hydrogen-bond acceptors (Lipinski definition) is 3. The van der Waals surface area contributed by atoms with Gasteiger partial charge in [-0.2, -0.15) is 0 Å². The van der Waals surface area contributed by atoms with Crippen molar-refractivity contribution in [2.45, 2.75) is 33.6 Å². The van der Waals surface area contributed by atoms with Gasteiger partial charge < -0.3 is 15.2 Å². The molecule has 19 heavy (non-hydrogen) atoms. The van der Waals surface area contributed by atoms with Crippen LogP contribution in [0.4, 0.5) is 0 Å². The van der Waals surface area contributed by atoms with Gasteiger partial charge in [0.15, 0.2) is 11.5 Å². The third-order valence-electron chi connectivity index (χ3n) is 3.01. The number of rotatable bonds is 8. The second-order valence-electron chi connectivity index (χ2n) is 4.70. The van der Waals surface area contributed by atoms with E-state index >= 15 is 0 Å². The maximum atomic E-state index is 5.90. The standard InChI is InChI=1S/C15H24BrNO2/c1-4-11(3)10-19-15-13(16)8-12(6-7-17)9-14(15)18-5-2/h8-9,11H,4-7,10,17H2,1-3H3. The van der Waals surface area contributed by atoms with Crippen molar-refractivity contribution in [3.8, 4) is 11.5 Å². The summed E-state index contributed by atoms with van der Waals surface area (Å²) in [6.45, 7) is 8.27. The number of benzene rings is 1. The van der Waals surface area contributed by atoms with Gasteiger partial charge >= 0.3 is 0 Å². The molecular formula is C15H24BrNO2. The molecule has 0 bridgehead atoms. The van der Waals surface area contributed by atoms with Gasteiger partial charge in [-0.3, -0.25) is 0 Å². The summed E-state index contributed by atoms with van der Waals surface area (Å²) in [5.74, 6) is 2.12. The highest BCUT2D eigenvalue weighted by molar-refractivity contribution is 9.10. The Labute approximate surface area is 124 Å². The van der Waals surface area contributed by atoms with E-state index in [0.29, 0.717) is 25.7 Å². The van der Waals surface area contributed by atoms with Gasteiger partial charge in [-0.1, -0.05) is 20.3 Å². The Morgan fingerprint density at radius 3 is 2.58 bits per heavy atom. The average Bonchev–Trinajstić information content (AvgIpc) is 2.38. The van der Waals surface area contributed by atoms with E-state index < -0.39 is 0 Å². The van der Waals surface area contributed by atoms with Gasteiger partial charge in [-0.05, 0) is 59.4 Å². The first kappa shape index (κ1) is 16.3. The fourth-order valence-electron chi connectivity index (χ4n) is 1.68. The van der Waals surface area contributed by atoms with E-state index in [4.69, 9.17) is 15.2 Å². The van der Waals surface area contributed by atoms with E-state index in [1.165, 1.54) is 0 Å². The summed E-state index contributed by atoms with van der Waals surface area (Å²) < 4.78 is 12.5. The van der Waals surface area contributed by atoms with Crippen molar-refractivity contribution in [1.29, 1.82) is 0 Å². The fourth-order valence-corrected chi connectivity index (χ4v) is 2.28. The molecule has 0 aliphatic heterocycles. The molecule has 1 aromatic rings. The minimum absolute atomic E-state index is 0.532. The van der Waals surface area contributed by atoms with Crippen molar-refractivity contribution >= 4 is 15.9 Å². The normalized spacial score (nSPS) is 12.3. The van der Waals surface area contributed by atoms with Crippen molar-refractivity contribution in [3.05, 3.63) is 22.2 Å². The van der Waals surface area contributed by atoms with Gasteiger partial charge in [-0.15, -0.1) is 0 Å². The summed E-state index contributed by atoms with van der Waals surface area (Å²) in [5, 5.41) is 0. The maximum absolute atomic E-state index is 5.90. The van der Waals surface area contributed by atoms with Crippen molar-refractivity contribution in [1.82, 2.24) is 0 Å². The second kappa shape index (κ2) is 8.43. The van der Waals surface area contributed by atoms with Gasteiger partial charge in [-0.25, -0.2) is 0 Å². The Kier molecular flexibility index (Phi) is 7.24. The Morgan fingerprint density at radius 1 is 1.26 bits per heavy atom. The summed E-state index contributed by atoms with van der Waals surface area (Å²) in [6, 6.07) is 4.08. The average molecular weight is 330 g/mol. The van der Waals surface area contributed by atoms with Crippen LogP contribution in [0.2, 0.25) is 0 Å². The number of ether oxygens (including phenoxy) is 2. The first-order valence-electron chi connectivity index (χ1n) is 6.90. The zero-order valence-corrected chi connectivity index (χ0v) is 13.6. The summed E-state index contributed by atoms with van der Waals surface area (Å²) in [6.07, 6.45) is 1.94. The van der Waals surface area contributed by atoms with E-state index in [1.54, 1.807) is 0 Å². The van der Waals surface area contributed by atoms with Crippen LogP contribution in [0, 0.1) is 5.92 Å². The molecule has 0 amide bonds. The van der Waals surface area contributed by atoms with Gasteiger partial charge in [0.05, 0.1) is 17.7 Å². The summed E-state index contributed by atoms with van der Waals surface area (Å²) >= 11 is 3.56. The minimum Gasteiger partial charge on any atom is -0.490 e. The van der Waals surface area contributed by atoms with E-state index in [-0.39, 0.29) is 0 Å². The van der Waals surface area contributed by atoms with Crippen LogP contribution in [0.15, 0.2) is 16.6 Å². The summed E-state index contributed by atoms with van der Waals surface area (Å²) in [7, 11) is 0. The van der Waals surface area contributed by atoms with Crippen LogP contribution >= 0.6 is 15.9 Å². The molecule has 0 heterocycles. The summed E-state index contributed by atoms with van der Waals surface area (Å²) in [4.78, 5) is 0. The topological polar surface area (TPSA) is 44.5 Å². The first-order valence-corrected chi connectivity index (χ1v) is 7.69. The van der Waals surface area contributed by atoms with Crippen LogP contribution in [0.5, 0.6) is 11.5 Å². The van der Waals surface area contributed by atoms with Crippen molar-refractivity contribution < 1.29 is 9.47 Å². The molecular weight excluding hydrogens is 306 g/mol. The molecule has 4 heteroatoms. The van der Waals surface area contributed by atoms with Crippen LogP contribution in [0.3, 0.4) is 0 Å². The molecule has 0 saturated heterocycles. The molecule has 1 aromatic carbocycles. The van der Waals surface area contributed by atoms with Crippen molar-refractivity contribution in [2.75, 3.05) is 19.8 Å². The lowest BCUT2D eigenvalue weighted by atomic mass is 10.1. The van der Waals surface area contributed by atoms with Crippen molar-refractivity contribution in [3.63, 3.8) is 0 Å². The Balaban J connectivity index is 2.93. The molecule has 0 radical (unpaired) electrons. The second-order valence-corrected chi connectivity index (χ2v) is 5.56. The molecule has 0 aliphatic rings. The minimum atomic E-state index is 0.532. The molecule has 108 valence electrons. The monoisotopic (exact) mass is 329 g/mol. The molecule has 0 aromatic heterocycles. The largest absolute Gasteiger partial charge is 0.490 e. The first-order chi connectivity index (χ1) is 9.12. The molecule has 1 atom stereocenters. The van der Waals surface area contributed by atoms with Gasteiger partial charge in [0.1, 0.15) is 0 Å². The van der Waals surface area contributed by atoms with Crippen LogP contribution in [0.1, 0.15) is 32.8 Å². The highest BCUT2D eigenvalue weighted by atomic mass is 79.9.